The number of nitrogens with one attached hydrogen (secondary N) is 1. The summed E-state index contributed by atoms with van der Waals surface area (Å²) in [6.07, 6.45) is 5.57. The highest BCUT2D eigenvalue weighted by molar-refractivity contribution is 9.10. The number of amides is 1. The van der Waals surface area contributed by atoms with Crippen molar-refractivity contribution in [2.24, 2.45) is 0 Å². The van der Waals surface area contributed by atoms with E-state index in [0.29, 0.717) is 29.6 Å². The van der Waals surface area contributed by atoms with Crippen LogP contribution in [0.4, 0.5) is 5.69 Å². The number of carbonyl (C=O) groups excluding carboxylic acids is 1. The van der Waals surface area contributed by atoms with Crippen molar-refractivity contribution in [3.05, 3.63) is 65.4 Å². The van der Waals surface area contributed by atoms with Crippen LogP contribution in [0.15, 0.2) is 68.5 Å². The fraction of sp³-hybridized carbons (Fsp3) is 0.111. The number of halogens is 1. The zero-order chi connectivity index (χ0) is 18.6. The van der Waals surface area contributed by atoms with Crippen LogP contribution in [0.3, 0.4) is 0 Å². The van der Waals surface area contributed by atoms with Crippen molar-refractivity contribution in [1.82, 2.24) is 19.9 Å². The van der Waals surface area contributed by atoms with E-state index in [1.807, 2.05) is 30.5 Å². The van der Waals surface area contributed by atoms with Crippen LogP contribution in [-0.4, -0.2) is 25.8 Å². The van der Waals surface area contributed by atoms with Gasteiger partial charge in [-0.15, -0.1) is 0 Å². The molecule has 0 bridgehead atoms. The highest BCUT2D eigenvalue weighted by Gasteiger charge is 2.13. The molecule has 0 aliphatic heterocycles. The summed E-state index contributed by atoms with van der Waals surface area (Å²) in [5, 5.41) is 11.0. The molecule has 0 fully saturated rings. The van der Waals surface area contributed by atoms with Crippen molar-refractivity contribution < 1.29 is 13.7 Å². The number of rotatable bonds is 6. The quantitative estimate of drug-likeness (QED) is 0.501. The van der Waals surface area contributed by atoms with E-state index >= 15 is 0 Å². The van der Waals surface area contributed by atoms with Gasteiger partial charge in [0.1, 0.15) is 0 Å². The molecule has 136 valence electrons. The first-order valence-electron chi connectivity index (χ1n) is 8.15. The zero-order valence-corrected chi connectivity index (χ0v) is 15.6. The van der Waals surface area contributed by atoms with Gasteiger partial charge in [0.05, 0.1) is 28.3 Å². The van der Waals surface area contributed by atoms with E-state index in [9.17, 15) is 4.79 Å². The fourth-order valence-electron chi connectivity index (χ4n) is 2.51. The highest BCUT2D eigenvalue weighted by atomic mass is 79.9. The second kappa shape index (κ2) is 7.58. The molecule has 0 spiro atoms. The molecule has 3 heterocycles. The molecule has 4 rings (SSSR count). The normalized spacial score (nSPS) is 10.9. The van der Waals surface area contributed by atoms with Gasteiger partial charge in [0.25, 0.3) is 0 Å². The van der Waals surface area contributed by atoms with Gasteiger partial charge in [0, 0.05) is 19.0 Å². The Kier molecular flexibility index (Phi) is 4.84. The minimum Gasteiger partial charge on any atom is -0.461 e. The van der Waals surface area contributed by atoms with Crippen LogP contribution >= 0.6 is 15.9 Å². The number of para-hydroxylation sites is 2. The van der Waals surface area contributed by atoms with Gasteiger partial charge in [-0.05, 0) is 40.2 Å². The molecular weight excluding hydrogens is 414 g/mol. The summed E-state index contributed by atoms with van der Waals surface area (Å²) in [6.45, 7) is 0. The minimum absolute atomic E-state index is 0.161. The average molecular weight is 428 g/mol. The van der Waals surface area contributed by atoms with Gasteiger partial charge >= 0.3 is 0 Å². The van der Waals surface area contributed by atoms with Crippen LogP contribution < -0.4 is 5.32 Å². The molecule has 1 amide bonds. The Morgan fingerprint density at radius 2 is 2.11 bits per heavy atom. The Balaban J connectivity index is 1.40. The first-order valence-corrected chi connectivity index (χ1v) is 8.94. The first-order chi connectivity index (χ1) is 13.2. The molecular formula is C18H14BrN5O3. The lowest BCUT2D eigenvalue weighted by atomic mass is 10.2. The van der Waals surface area contributed by atoms with Gasteiger partial charge in [-0.2, -0.15) is 10.1 Å². The molecule has 4 aromatic rings. The molecule has 9 heteroatoms. The summed E-state index contributed by atoms with van der Waals surface area (Å²) >= 11 is 3.37. The lowest BCUT2D eigenvalue weighted by molar-refractivity contribution is -0.116. The third kappa shape index (κ3) is 3.98. The molecule has 0 saturated heterocycles. The average Bonchev–Trinajstić information content (AvgIpc) is 3.42. The van der Waals surface area contributed by atoms with Crippen molar-refractivity contribution in [1.29, 1.82) is 0 Å². The molecule has 0 radical (unpaired) electrons. The maximum atomic E-state index is 12.4. The molecule has 8 nitrogen and oxygen atoms in total. The van der Waals surface area contributed by atoms with Crippen LogP contribution in [0, 0.1) is 0 Å². The Morgan fingerprint density at radius 3 is 2.89 bits per heavy atom. The largest absolute Gasteiger partial charge is 0.461 e. The third-order valence-corrected chi connectivity index (χ3v) is 4.16. The summed E-state index contributed by atoms with van der Waals surface area (Å²) in [5.74, 6) is 1.10. The topological polar surface area (TPSA) is 99.0 Å². The molecule has 1 aromatic carbocycles. The highest BCUT2D eigenvalue weighted by Crippen LogP contribution is 2.21. The van der Waals surface area contributed by atoms with Crippen molar-refractivity contribution in [2.75, 3.05) is 5.32 Å². The van der Waals surface area contributed by atoms with E-state index in [1.54, 1.807) is 23.0 Å². The smallest absolute Gasteiger partial charge is 0.238 e. The number of hydrogen-bond donors (Lipinski definition) is 1. The molecule has 0 saturated carbocycles. The van der Waals surface area contributed by atoms with Gasteiger partial charge in [0.15, 0.2) is 5.76 Å². The SMILES string of the molecule is O=C(CCc1nc(-c2ccco2)no1)Nc1ccccc1-n1cc(Br)cn1. The van der Waals surface area contributed by atoms with Gasteiger partial charge in [0.2, 0.25) is 17.6 Å². The van der Waals surface area contributed by atoms with E-state index < -0.39 is 0 Å². The van der Waals surface area contributed by atoms with Crippen LogP contribution in [0.5, 0.6) is 0 Å². The summed E-state index contributed by atoms with van der Waals surface area (Å²) in [4.78, 5) is 16.6. The van der Waals surface area contributed by atoms with Crippen molar-refractivity contribution in [3.63, 3.8) is 0 Å². The second-order valence-electron chi connectivity index (χ2n) is 5.66. The summed E-state index contributed by atoms with van der Waals surface area (Å²) in [6, 6.07) is 10.9. The number of carbonyl (C=O) groups is 1. The number of anilines is 1. The fourth-order valence-corrected chi connectivity index (χ4v) is 2.79. The Morgan fingerprint density at radius 1 is 1.22 bits per heavy atom. The van der Waals surface area contributed by atoms with Crippen LogP contribution in [0.2, 0.25) is 0 Å². The van der Waals surface area contributed by atoms with E-state index in [2.05, 4.69) is 36.5 Å². The molecule has 0 unspecified atom stereocenters. The maximum Gasteiger partial charge on any atom is 0.238 e. The standard InChI is InChI=1S/C18H14BrN5O3/c19-12-10-20-24(11-12)14-5-2-1-4-13(14)21-16(25)7-8-17-22-18(23-27-17)15-6-3-9-26-15/h1-6,9-11H,7-8H2,(H,21,25). The van der Waals surface area contributed by atoms with Crippen LogP contribution in [0.25, 0.3) is 17.3 Å². The molecule has 0 aliphatic carbocycles. The molecule has 0 atom stereocenters. The molecule has 27 heavy (non-hydrogen) atoms. The van der Waals surface area contributed by atoms with E-state index in [1.165, 1.54) is 6.26 Å². The monoisotopic (exact) mass is 427 g/mol. The Labute approximate surface area is 162 Å². The zero-order valence-electron chi connectivity index (χ0n) is 14.0. The first kappa shape index (κ1) is 17.2. The van der Waals surface area contributed by atoms with Gasteiger partial charge < -0.3 is 14.3 Å². The molecule has 0 aliphatic rings. The van der Waals surface area contributed by atoms with Gasteiger partial charge in [-0.1, -0.05) is 17.3 Å². The number of aromatic nitrogens is 4. The van der Waals surface area contributed by atoms with Crippen molar-refractivity contribution in [2.45, 2.75) is 12.8 Å². The summed E-state index contributed by atoms with van der Waals surface area (Å²) in [7, 11) is 0. The Hall–Kier alpha value is -3.20. The Bertz CT molecular complexity index is 1050. The number of nitrogens with zero attached hydrogens (tertiary/aromatic N) is 4. The number of benzene rings is 1. The third-order valence-electron chi connectivity index (χ3n) is 3.75. The second-order valence-corrected chi connectivity index (χ2v) is 6.57. The lowest BCUT2D eigenvalue weighted by Crippen LogP contribution is -2.14. The van der Waals surface area contributed by atoms with Crippen molar-refractivity contribution >= 4 is 27.5 Å². The van der Waals surface area contributed by atoms with E-state index in [4.69, 9.17) is 8.94 Å². The summed E-state index contributed by atoms with van der Waals surface area (Å²) in [5.41, 5.74) is 1.44. The minimum atomic E-state index is -0.161. The maximum absolute atomic E-state index is 12.4. The van der Waals surface area contributed by atoms with Crippen LogP contribution in [-0.2, 0) is 11.2 Å². The summed E-state index contributed by atoms with van der Waals surface area (Å²) < 4.78 is 12.9. The number of furan rings is 1. The van der Waals surface area contributed by atoms with Gasteiger partial charge in [-0.25, -0.2) is 4.68 Å². The van der Waals surface area contributed by atoms with Gasteiger partial charge in [-0.3, -0.25) is 4.79 Å². The molecule has 1 N–H and O–H groups in total. The van der Waals surface area contributed by atoms with Crippen LogP contribution in [0.1, 0.15) is 12.3 Å². The number of hydrogen-bond acceptors (Lipinski definition) is 6. The lowest BCUT2D eigenvalue weighted by Gasteiger charge is -2.10. The predicted molar refractivity (Wildman–Crippen MR) is 100 cm³/mol. The van der Waals surface area contributed by atoms with E-state index in [-0.39, 0.29) is 12.3 Å². The van der Waals surface area contributed by atoms with E-state index in [0.717, 1.165) is 10.2 Å². The predicted octanol–water partition coefficient (Wildman–Crippen LogP) is 3.85. The van der Waals surface area contributed by atoms with Crippen molar-refractivity contribution in [3.8, 4) is 17.3 Å². The number of aryl methyl sites for hydroxylation is 1. The molecule has 3 aromatic heterocycles.